The average Bonchev–Trinajstić information content (AvgIpc) is 1.79. The molecule has 1 atom stereocenters. The quantitative estimate of drug-likeness (QED) is 0.446. The summed E-state index contributed by atoms with van der Waals surface area (Å²) in [5, 5.41) is 0. The van der Waals surface area contributed by atoms with E-state index in [0.717, 1.165) is 0 Å². The fourth-order valence-corrected chi connectivity index (χ4v) is 0.947. The number of hydrogen-bond acceptors (Lipinski definition) is 3. The van der Waals surface area contributed by atoms with Crippen molar-refractivity contribution in [2.75, 3.05) is 0 Å². The molecule has 0 saturated heterocycles. The topological polar surface area (TPSA) is 46.5 Å². The molecule has 0 heterocycles. The van der Waals surface area contributed by atoms with Crippen LogP contribution in [-0.4, -0.2) is 17.9 Å². The first kappa shape index (κ1) is 10.0. The number of hydrogen-bond donors (Lipinski definition) is 0. The normalized spacial score (nSPS) is 13.5. The second-order valence-corrected chi connectivity index (χ2v) is 3.60. The van der Waals surface area contributed by atoms with Crippen LogP contribution in [0, 0.1) is 5.41 Å². The summed E-state index contributed by atoms with van der Waals surface area (Å²) in [7, 11) is 0. The summed E-state index contributed by atoms with van der Waals surface area (Å²) in [4.78, 5) is 24.3. The zero-order valence-corrected chi connectivity index (χ0v) is 7.34. The van der Waals surface area contributed by atoms with Crippen LogP contribution in [0.1, 0.15) is 27.7 Å². The molecule has 0 aromatic carbocycles. The van der Waals surface area contributed by atoms with Crippen LogP contribution in [0.2, 0.25) is 0 Å². The predicted octanol–water partition coefficient (Wildman–Crippen LogP) is 1.33. The largest absolute Gasteiger partial charge is 0.298 e. The van der Waals surface area contributed by atoms with Crippen molar-refractivity contribution in [3.05, 3.63) is 0 Å². The Bertz CT molecular complexity index is 195. The van der Waals surface area contributed by atoms with Crippen LogP contribution < -0.4 is 0 Å². The molecule has 0 fully saturated rings. The number of Topliss-reactive ketones (excluding diaryl/α,β-unsaturated/α-hetero) is 1. The van der Waals surface area contributed by atoms with Crippen LogP contribution in [0.15, 0.2) is 4.99 Å². The molecule has 0 unspecified atom stereocenters. The molecule has 0 aliphatic carbocycles. The summed E-state index contributed by atoms with van der Waals surface area (Å²) < 4.78 is 0. The van der Waals surface area contributed by atoms with Crippen molar-refractivity contribution >= 4 is 11.9 Å². The maximum atomic E-state index is 10.9. The Balaban J connectivity index is 4.61. The van der Waals surface area contributed by atoms with Gasteiger partial charge in [0, 0.05) is 0 Å². The van der Waals surface area contributed by atoms with Gasteiger partial charge in [0.1, 0.15) is 6.04 Å². The minimum absolute atomic E-state index is 0.0964. The number of ketones is 1. The number of carbonyl (C=O) groups is 1. The van der Waals surface area contributed by atoms with Gasteiger partial charge in [-0.05, 0) is 12.3 Å². The lowest BCUT2D eigenvalue weighted by molar-refractivity contribution is -0.120. The number of nitrogens with zero attached hydrogens (tertiary/aromatic N) is 1. The van der Waals surface area contributed by atoms with Gasteiger partial charge in [0.15, 0.2) is 5.78 Å². The Hall–Kier alpha value is -0.950. The van der Waals surface area contributed by atoms with E-state index in [0.29, 0.717) is 0 Å². The minimum Gasteiger partial charge on any atom is -0.298 e. The van der Waals surface area contributed by atoms with Gasteiger partial charge in [0.25, 0.3) is 0 Å². The number of rotatable bonds is 2. The van der Waals surface area contributed by atoms with E-state index in [-0.39, 0.29) is 11.2 Å². The van der Waals surface area contributed by atoms with Gasteiger partial charge in [0.2, 0.25) is 6.08 Å². The second kappa shape index (κ2) is 3.44. The van der Waals surface area contributed by atoms with Crippen molar-refractivity contribution in [2.24, 2.45) is 10.4 Å². The standard InChI is InChI=1S/C8H13NO2/c1-6(11)7(9-5-10)8(2,3)4/h7H,1-4H3/t7-/m1/s1. The Morgan fingerprint density at radius 2 is 1.91 bits per heavy atom. The highest BCUT2D eigenvalue weighted by molar-refractivity contribution is 5.83. The molecule has 0 saturated carbocycles. The first-order valence-electron chi connectivity index (χ1n) is 3.47. The summed E-state index contributed by atoms with van der Waals surface area (Å²) >= 11 is 0. The summed E-state index contributed by atoms with van der Waals surface area (Å²) in [6.07, 6.45) is 1.41. The molecule has 11 heavy (non-hydrogen) atoms. The highest BCUT2D eigenvalue weighted by Gasteiger charge is 2.27. The van der Waals surface area contributed by atoms with Gasteiger partial charge < -0.3 is 0 Å². The molecule has 0 rings (SSSR count). The highest BCUT2D eigenvalue weighted by atomic mass is 16.1. The van der Waals surface area contributed by atoms with Gasteiger partial charge in [-0.2, -0.15) is 4.99 Å². The zero-order chi connectivity index (χ0) is 9.07. The van der Waals surface area contributed by atoms with Gasteiger partial charge in [0.05, 0.1) is 0 Å². The van der Waals surface area contributed by atoms with Crippen molar-refractivity contribution in [3.8, 4) is 0 Å². The molecule has 0 radical (unpaired) electrons. The van der Waals surface area contributed by atoms with Crippen LogP contribution in [0.3, 0.4) is 0 Å². The molecule has 3 heteroatoms. The summed E-state index contributed by atoms with van der Waals surface area (Å²) in [5.41, 5.74) is -0.288. The molecular formula is C8H13NO2. The maximum absolute atomic E-state index is 10.9. The van der Waals surface area contributed by atoms with Crippen molar-refractivity contribution in [2.45, 2.75) is 33.7 Å². The molecule has 0 aromatic heterocycles. The third-order valence-corrected chi connectivity index (χ3v) is 1.39. The van der Waals surface area contributed by atoms with Gasteiger partial charge in [-0.25, -0.2) is 4.79 Å². The first-order valence-corrected chi connectivity index (χ1v) is 3.47. The zero-order valence-electron chi connectivity index (χ0n) is 7.34. The number of isocyanates is 1. The van der Waals surface area contributed by atoms with Crippen LogP contribution in [-0.2, 0) is 9.59 Å². The lowest BCUT2D eigenvalue weighted by atomic mass is 9.85. The average molecular weight is 155 g/mol. The maximum Gasteiger partial charge on any atom is 0.235 e. The SMILES string of the molecule is CC(=O)[C@@H](N=C=O)C(C)(C)C. The molecule has 0 amide bonds. The molecule has 3 nitrogen and oxygen atoms in total. The lowest BCUT2D eigenvalue weighted by Crippen LogP contribution is -2.30. The minimum atomic E-state index is -0.556. The van der Waals surface area contributed by atoms with Crippen molar-refractivity contribution < 1.29 is 9.59 Å². The van der Waals surface area contributed by atoms with E-state index >= 15 is 0 Å². The number of carbonyl (C=O) groups excluding carboxylic acids is 2. The Kier molecular flexibility index (Phi) is 3.15. The fraction of sp³-hybridized carbons (Fsp3) is 0.750. The second-order valence-electron chi connectivity index (χ2n) is 3.60. The monoisotopic (exact) mass is 155 g/mol. The smallest absolute Gasteiger partial charge is 0.235 e. The van der Waals surface area contributed by atoms with E-state index in [1.807, 2.05) is 20.8 Å². The lowest BCUT2D eigenvalue weighted by Gasteiger charge is -2.22. The third kappa shape index (κ3) is 3.10. The molecule has 62 valence electrons. The van der Waals surface area contributed by atoms with Gasteiger partial charge >= 0.3 is 0 Å². The van der Waals surface area contributed by atoms with Gasteiger partial charge in [-0.15, -0.1) is 0 Å². The van der Waals surface area contributed by atoms with Crippen molar-refractivity contribution in [3.63, 3.8) is 0 Å². The van der Waals surface area contributed by atoms with Crippen molar-refractivity contribution in [1.29, 1.82) is 0 Å². The van der Waals surface area contributed by atoms with E-state index in [4.69, 9.17) is 0 Å². The number of aliphatic imine (C=N–C) groups is 1. The highest BCUT2D eigenvalue weighted by Crippen LogP contribution is 2.22. The summed E-state index contributed by atoms with van der Waals surface area (Å²) in [6.45, 7) is 7.01. The first-order chi connectivity index (χ1) is 4.89. The van der Waals surface area contributed by atoms with Crippen LogP contribution in [0.4, 0.5) is 0 Å². The predicted molar refractivity (Wildman–Crippen MR) is 42.0 cm³/mol. The third-order valence-electron chi connectivity index (χ3n) is 1.39. The summed E-state index contributed by atoms with van der Waals surface area (Å²) in [5.74, 6) is -0.0964. The van der Waals surface area contributed by atoms with Crippen LogP contribution >= 0.6 is 0 Å². The van der Waals surface area contributed by atoms with E-state index in [9.17, 15) is 9.59 Å². The molecular weight excluding hydrogens is 142 g/mol. The molecule has 0 aliphatic heterocycles. The molecule has 0 spiro atoms. The summed E-state index contributed by atoms with van der Waals surface area (Å²) in [6, 6.07) is -0.556. The molecule has 0 aliphatic rings. The van der Waals surface area contributed by atoms with E-state index in [2.05, 4.69) is 4.99 Å². The van der Waals surface area contributed by atoms with E-state index < -0.39 is 6.04 Å². The Morgan fingerprint density at radius 3 is 2.00 bits per heavy atom. The Morgan fingerprint density at radius 1 is 1.45 bits per heavy atom. The molecule has 0 bridgehead atoms. The van der Waals surface area contributed by atoms with Crippen molar-refractivity contribution in [1.82, 2.24) is 0 Å². The van der Waals surface area contributed by atoms with Gasteiger partial charge in [-0.1, -0.05) is 20.8 Å². The molecule has 0 N–H and O–H groups in total. The molecule has 0 aromatic rings. The van der Waals surface area contributed by atoms with E-state index in [1.165, 1.54) is 13.0 Å². The Labute approximate surface area is 66.5 Å². The van der Waals surface area contributed by atoms with Gasteiger partial charge in [-0.3, -0.25) is 4.79 Å². The van der Waals surface area contributed by atoms with Crippen LogP contribution in [0.5, 0.6) is 0 Å². The van der Waals surface area contributed by atoms with E-state index in [1.54, 1.807) is 0 Å². The fourth-order valence-electron chi connectivity index (χ4n) is 0.947. The van der Waals surface area contributed by atoms with Crippen LogP contribution in [0.25, 0.3) is 0 Å².